The van der Waals surface area contributed by atoms with Gasteiger partial charge in [-0.1, -0.05) is 41.2 Å². The molecule has 2 aromatic carbocycles. The van der Waals surface area contributed by atoms with Crippen molar-refractivity contribution in [2.75, 3.05) is 37.8 Å². The van der Waals surface area contributed by atoms with E-state index in [0.717, 1.165) is 28.5 Å². The Hall–Kier alpha value is -1.89. The van der Waals surface area contributed by atoms with Gasteiger partial charge in [0.05, 0.1) is 37.4 Å². The molecule has 1 aromatic heterocycles. The summed E-state index contributed by atoms with van der Waals surface area (Å²) in [6.45, 7) is 7.86. The van der Waals surface area contributed by atoms with Crippen LogP contribution in [0.4, 0.5) is 5.13 Å². The zero-order valence-electron chi connectivity index (χ0n) is 17.9. The Morgan fingerprint density at radius 1 is 1.07 bits per heavy atom. The molecule has 0 atom stereocenters. The number of nitrogens with one attached hydrogen (secondary N) is 1. The number of anilines is 1. The van der Waals surface area contributed by atoms with E-state index in [4.69, 9.17) is 4.98 Å². The van der Waals surface area contributed by atoms with Crippen LogP contribution in [0, 0.1) is 20.8 Å². The van der Waals surface area contributed by atoms with Crippen molar-refractivity contribution in [3.63, 3.8) is 0 Å². The topological polar surface area (TPSA) is 37.6 Å². The minimum absolute atomic E-state index is 0.153. The first-order valence-corrected chi connectivity index (χ1v) is 11.8. The van der Waals surface area contributed by atoms with E-state index in [1.165, 1.54) is 25.6 Å². The first kappa shape index (κ1) is 21.8. The third-order valence-electron chi connectivity index (χ3n) is 4.90. The summed E-state index contributed by atoms with van der Waals surface area (Å²) < 4.78 is 1.18. The van der Waals surface area contributed by atoms with Gasteiger partial charge >= 0.3 is 0 Å². The summed E-state index contributed by atoms with van der Waals surface area (Å²) >= 11 is 3.37. The second-order valence-electron chi connectivity index (χ2n) is 7.79. The van der Waals surface area contributed by atoms with E-state index in [1.54, 1.807) is 23.1 Å². The minimum Gasteiger partial charge on any atom is -0.338 e. The lowest BCUT2D eigenvalue weighted by Crippen LogP contribution is -3.06. The molecule has 0 aliphatic carbocycles. The van der Waals surface area contributed by atoms with Crippen molar-refractivity contribution in [2.24, 2.45) is 0 Å². The number of thiazole rings is 1. The number of likely N-dealkylation sites (N-methyl/N-ethyl adjacent to an activating group) is 1. The second-order valence-corrected chi connectivity index (χ2v) is 9.93. The average Bonchev–Trinajstić information content (AvgIpc) is 3.13. The van der Waals surface area contributed by atoms with Crippen LogP contribution in [-0.2, 0) is 4.79 Å². The molecule has 1 heterocycles. The molecule has 0 unspecified atom stereocenters. The van der Waals surface area contributed by atoms with Crippen molar-refractivity contribution in [3.05, 3.63) is 53.1 Å². The second kappa shape index (κ2) is 9.74. The van der Waals surface area contributed by atoms with E-state index in [9.17, 15) is 4.79 Å². The first-order valence-electron chi connectivity index (χ1n) is 10.0. The van der Waals surface area contributed by atoms with Crippen LogP contribution in [0.3, 0.4) is 0 Å². The number of nitrogens with zero attached hydrogens (tertiary/aromatic N) is 2. The largest absolute Gasteiger partial charge is 0.338 e. The lowest BCUT2D eigenvalue weighted by Gasteiger charge is -2.20. The van der Waals surface area contributed by atoms with Gasteiger partial charge in [0.2, 0.25) is 5.91 Å². The summed E-state index contributed by atoms with van der Waals surface area (Å²) in [5, 5.41) is 0.823. The predicted molar refractivity (Wildman–Crippen MR) is 126 cm³/mol. The van der Waals surface area contributed by atoms with Gasteiger partial charge in [-0.15, -0.1) is 11.8 Å². The number of carbonyl (C=O) groups is 1. The quantitative estimate of drug-likeness (QED) is 0.553. The molecule has 3 aromatic rings. The van der Waals surface area contributed by atoms with Crippen molar-refractivity contribution in [1.29, 1.82) is 0 Å². The Morgan fingerprint density at radius 3 is 2.41 bits per heavy atom. The molecule has 0 saturated carbocycles. The van der Waals surface area contributed by atoms with Gasteiger partial charge in [0.1, 0.15) is 0 Å². The zero-order valence-corrected chi connectivity index (χ0v) is 19.5. The van der Waals surface area contributed by atoms with E-state index in [2.05, 4.69) is 71.3 Å². The molecular weight excluding hydrogens is 398 g/mol. The maximum absolute atomic E-state index is 13.1. The van der Waals surface area contributed by atoms with E-state index >= 15 is 0 Å². The van der Waals surface area contributed by atoms with Crippen LogP contribution in [-0.4, -0.2) is 43.8 Å². The third kappa shape index (κ3) is 5.59. The number of aromatic nitrogens is 1. The van der Waals surface area contributed by atoms with Gasteiger partial charge in [-0.3, -0.25) is 9.69 Å². The maximum atomic E-state index is 13.1. The predicted octanol–water partition coefficient (Wildman–Crippen LogP) is 3.88. The molecule has 0 radical (unpaired) electrons. The molecule has 0 aliphatic heterocycles. The highest BCUT2D eigenvalue weighted by Gasteiger charge is 2.21. The molecule has 4 nitrogen and oxygen atoms in total. The molecule has 0 fully saturated rings. The van der Waals surface area contributed by atoms with Crippen molar-refractivity contribution in [1.82, 2.24) is 4.98 Å². The summed E-state index contributed by atoms with van der Waals surface area (Å²) in [5.74, 6) is 0.927. The first-order chi connectivity index (χ1) is 13.8. The fourth-order valence-corrected chi connectivity index (χ4v) is 5.05. The molecule has 0 aliphatic rings. The normalized spacial score (nSPS) is 11.4. The number of hydrogen-bond donors (Lipinski definition) is 1. The highest BCUT2D eigenvalue weighted by Crippen LogP contribution is 2.33. The number of fused-ring (bicyclic) bond motifs is 1. The Morgan fingerprint density at radius 2 is 1.76 bits per heavy atom. The summed E-state index contributed by atoms with van der Waals surface area (Å²) in [6.07, 6.45) is 0.509. The van der Waals surface area contributed by atoms with E-state index in [0.29, 0.717) is 13.0 Å². The van der Waals surface area contributed by atoms with Crippen LogP contribution in [0.5, 0.6) is 0 Å². The maximum Gasteiger partial charge on any atom is 0.229 e. The lowest BCUT2D eigenvalue weighted by atomic mass is 10.1. The van der Waals surface area contributed by atoms with E-state index in [-0.39, 0.29) is 5.91 Å². The molecule has 1 N–H and O–H groups in total. The van der Waals surface area contributed by atoms with Gasteiger partial charge < -0.3 is 4.90 Å². The van der Waals surface area contributed by atoms with Crippen LogP contribution >= 0.6 is 23.1 Å². The molecule has 29 heavy (non-hydrogen) atoms. The number of benzene rings is 2. The molecule has 6 heteroatoms. The Balaban J connectivity index is 1.75. The van der Waals surface area contributed by atoms with Gasteiger partial charge in [0.15, 0.2) is 5.13 Å². The van der Waals surface area contributed by atoms with Crippen molar-refractivity contribution >= 4 is 44.4 Å². The van der Waals surface area contributed by atoms with Crippen molar-refractivity contribution in [3.8, 4) is 0 Å². The summed E-state index contributed by atoms with van der Waals surface area (Å²) in [7, 11) is 4.23. The monoisotopic (exact) mass is 428 g/mol. The third-order valence-corrected chi connectivity index (χ3v) is 7.13. The molecule has 0 saturated heterocycles. The highest BCUT2D eigenvalue weighted by atomic mass is 32.2. The fourth-order valence-electron chi connectivity index (χ4n) is 3.05. The van der Waals surface area contributed by atoms with Gasteiger partial charge in [0.25, 0.3) is 0 Å². The Bertz CT molecular complexity index is 941. The number of hydrogen-bond acceptors (Lipinski definition) is 4. The standard InChI is InChI=1S/C23H29N3OS2/c1-16-6-10-19(11-7-16)28-15-12-20(27)26(14-13-25(4)5)23-24-21-17(2)8-9-18(3)22(21)29-23/h6-11H,12-15H2,1-5H3/p+1. The smallest absolute Gasteiger partial charge is 0.229 e. The van der Waals surface area contributed by atoms with Crippen LogP contribution < -0.4 is 9.80 Å². The number of carbonyl (C=O) groups excluding carboxylic acids is 1. The van der Waals surface area contributed by atoms with Crippen molar-refractivity contribution in [2.45, 2.75) is 32.1 Å². The number of quaternary nitrogens is 1. The SMILES string of the molecule is Cc1ccc(SCCC(=O)N(CC[NH+](C)C)c2nc3c(C)ccc(C)c3s2)cc1. The Labute approximate surface area is 181 Å². The molecule has 0 spiro atoms. The lowest BCUT2D eigenvalue weighted by molar-refractivity contribution is -0.856. The van der Waals surface area contributed by atoms with Crippen LogP contribution in [0.25, 0.3) is 10.2 Å². The Kier molecular flexibility index (Phi) is 7.33. The van der Waals surface area contributed by atoms with Gasteiger partial charge in [-0.2, -0.15) is 0 Å². The molecule has 1 amide bonds. The fraction of sp³-hybridized carbons (Fsp3) is 0.391. The number of amides is 1. The average molecular weight is 429 g/mol. The van der Waals surface area contributed by atoms with Crippen LogP contribution in [0.15, 0.2) is 41.3 Å². The van der Waals surface area contributed by atoms with Crippen LogP contribution in [0.1, 0.15) is 23.1 Å². The summed E-state index contributed by atoms with van der Waals surface area (Å²) in [5.41, 5.74) is 4.65. The number of aryl methyl sites for hydroxylation is 3. The van der Waals surface area contributed by atoms with Gasteiger partial charge in [0, 0.05) is 17.1 Å². The zero-order chi connectivity index (χ0) is 21.0. The van der Waals surface area contributed by atoms with Crippen molar-refractivity contribution < 1.29 is 9.69 Å². The van der Waals surface area contributed by atoms with E-state index in [1.807, 2.05) is 4.90 Å². The van der Waals surface area contributed by atoms with Gasteiger partial charge in [-0.05, 0) is 44.0 Å². The van der Waals surface area contributed by atoms with E-state index < -0.39 is 0 Å². The molecular formula is C23H30N3OS2+. The van der Waals surface area contributed by atoms with Gasteiger partial charge in [-0.25, -0.2) is 4.98 Å². The summed E-state index contributed by atoms with van der Waals surface area (Å²) in [4.78, 5) is 22.4. The van der Waals surface area contributed by atoms with Crippen LogP contribution in [0.2, 0.25) is 0 Å². The number of thioether (sulfide) groups is 1. The summed E-state index contributed by atoms with van der Waals surface area (Å²) in [6, 6.07) is 12.7. The number of rotatable bonds is 8. The molecule has 154 valence electrons. The molecule has 3 rings (SSSR count). The molecule has 0 bridgehead atoms. The minimum atomic E-state index is 0.153. The highest BCUT2D eigenvalue weighted by molar-refractivity contribution is 7.99.